The lowest BCUT2D eigenvalue weighted by molar-refractivity contribution is 0.662. The van der Waals surface area contributed by atoms with Crippen molar-refractivity contribution in [2.75, 3.05) is 0 Å². The Kier molecular flexibility index (Phi) is 4.46. The van der Waals surface area contributed by atoms with Gasteiger partial charge in [-0.3, -0.25) is 0 Å². The van der Waals surface area contributed by atoms with Crippen LogP contribution in [0.3, 0.4) is 0 Å². The van der Waals surface area contributed by atoms with Gasteiger partial charge in [-0.1, -0.05) is 29.3 Å². The van der Waals surface area contributed by atoms with E-state index in [0.29, 0.717) is 10.0 Å². The standard InChI is InChI=1S/C11H13Cl2N/c1-2-3-4-11(14)9-7-8(12)5-6-10(9)13/h2,5-7,11H,1,3-4,14H2/t11-/m0/s1. The van der Waals surface area contributed by atoms with Crippen LogP contribution in [0.2, 0.25) is 10.0 Å². The summed E-state index contributed by atoms with van der Waals surface area (Å²) in [5.74, 6) is 0. The van der Waals surface area contributed by atoms with Crippen LogP contribution < -0.4 is 5.73 Å². The van der Waals surface area contributed by atoms with Crippen molar-refractivity contribution in [1.82, 2.24) is 0 Å². The largest absolute Gasteiger partial charge is 0.324 e. The van der Waals surface area contributed by atoms with Crippen LogP contribution in [0.1, 0.15) is 24.4 Å². The Hall–Kier alpha value is -0.500. The van der Waals surface area contributed by atoms with Gasteiger partial charge >= 0.3 is 0 Å². The lowest BCUT2D eigenvalue weighted by Gasteiger charge is -2.12. The molecule has 1 nitrogen and oxygen atoms in total. The summed E-state index contributed by atoms with van der Waals surface area (Å²) in [6.07, 6.45) is 3.56. The van der Waals surface area contributed by atoms with Crippen LogP contribution in [-0.4, -0.2) is 0 Å². The fraction of sp³-hybridized carbons (Fsp3) is 0.273. The Morgan fingerprint density at radius 1 is 1.43 bits per heavy atom. The predicted molar refractivity (Wildman–Crippen MR) is 62.8 cm³/mol. The van der Waals surface area contributed by atoms with E-state index in [2.05, 4.69) is 6.58 Å². The fourth-order valence-corrected chi connectivity index (χ4v) is 1.69. The Morgan fingerprint density at radius 3 is 2.79 bits per heavy atom. The molecule has 0 spiro atoms. The molecule has 1 aromatic rings. The van der Waals surface area contributed by atoms with E-state index in [1.807, 2.05) is 12.1 Å². The average molecular weight is 230 g/mol. The van der Waals surface area contributed by atoms with Crippen molar-refractivity contribution in [3.63, 3.8) is 0 Å². The summed E-state index contributed by atoms with van der Waals surface area (Å²) in [4.78, 5) is 0. The fourth-order valence-electron chi connectivity index (χ4n) is 1.25. The minimum atomic E-state index is -0.0702. The van der Waals surface area contributed by atoms with Gasteiger partial charge in [0.05, 0.1) is 0 Å². The second-order valence-corrected chi connectivity index (χ2v) is 3.98. The Labute approximate surface area is 94.5 Å². The highest BCUT2D eigenvalue weighted by Gasteiger charge is 2.09. The number of hydrogen-bond acceptors (Lipinski definition) is 1. The maximum absolute atomic E-state index is 6.01. The summed E-state index contributed by atoms with van der Waals surface area (Å²) in [6.45, 7) is 3.65. The normalized spacial score (nSPS) is 12.5. The Bertz CT molecular complexity index is 323. The van der Waals surface area contributed by atoms with Crippen molar-refractivity contribution in [3.8, 4) is 0 Å². The molecule has 1 rings (SSSR count). The average Bonchev–Trinajstić information content (AvgIpc) is 2.18. The quantitative estimate of drug-likeness (QED) is 0.778. The molecule has 76 valence electrons. The summed E-state index contributed by atoms with van der Waals surface area (Å²) in [5, 5.41) is 1.34. The van der Waals surface area contributed by atoms with Gasteiger partial charge < -0.3 is 5.73 Å². The number of hydrogen-bond donors (Lipinski definition) is 1. The molecule has 0 saturated carbocycles. The molecule has 0 unspecified atom stereocenters. The molecule has 0 aliphatic carbocycles. The third kappa shape index (κ3) is 3.02. The van der Waals surface area contributed by atoms with Crippen molar-refractivity contribution in [3.05, 3.63) is 46.5 Å². The predicted octanol–water partition coefficient (Wildman–Crippen LogP) is 3.96. The van der Waals surface area contributed by atoms with Crippen molar-refractivity contribution >= 4 is 23.2 Å². The van der Waals surface area contributed by atoms with Gasteiger partial charge in [-0.15, -0.1) is 6.58 Å². The number of rotatable bonds is 4. The van der Waals surface area contributed by atoms with Gasteiger partial charge in [0.15, 0.2) is 0 Å². The third-order valence-electron chi connectivity index (χ3n) is 2.04. The Balaban J connectivity index is 2.82. The zero-order valence-electron chi connectivity index (χ0n) is 7.84. The van der Waals surface area contributed by atoms with E-state index in [-0.39, 0.29) is 6.04 Å². The van der Waals surface area contributed by atoms with Crippen LogP contribution in [-0.2, 0) is 0 Å². The third-order valence-corrected chi connectivity index (χ3v) is 2.62. The molecule has 0 aromatic heterocycles. The van der Waals surface area contributed by atoms with Crippen molar-refractivity contribution in [2.24, 2.45) is 5.73 Å². The summed E-state index contributed by atoms with van der Waals surface area (Å²) in [6, 6.07) is 5.28. The summed E-state index contributed by atoms with van der Waals surface area (Å²) < 4.78 is 0. The van der Waals surface area contributed by atoms with Gasteiger partial charge in [-0.2, -0.15) is 0 Å². The van der Waals surface area contributed by atoms with E-state index in [1.54, 1.807) is 12.1 Å². The van der Waals surface area contributed by atoms with E-state index in [4.69, 9.17) is 28.9 Å². The molecule has 1 aromatic carbocycles. The molecule has 0 bridgehead atoms. The van der Waals surface area contributed by atoms with Crippen LogP contribution >= 0.6 is 23.2 Å². The number of nitrogens with two attached hydrogens (primary N) is 1. The van der Waals surface area contributed by atoms with Crippen molar-refractivity contribution in [2.45, 2.75) is 18.9 Å². The van der Waals surface area contributed by atoms with Crippen molar-refractivity contribution < 1.29 is 0 Å². The van der Waals surface area contributed by atoms with Crippen LogP contribution in [0.4, 0.5) is 0 Å². The molecule has 0 aliphatic heterocycles. The van der Waals surface area contributed by atoms with Gasteiger partial charge in [-0.25, -0.2) is 0 Å². The maximum Gasteiger partial charge on any atom is 0.0454 e. The lowest BCUT2D eigenvalue weighted by atomic mass is 10.0. The molecule has 0 fully saturated rings. The minimum absolute atomic E-state index is 0.0702. The number of halogens is 2. The smallest absolute Gasteiger partial charge is 0.0454 e. The topological polar surface area (TPSA) is 26.0 Å². The first-order chi connectivity index (χ1) is 6.65. The zero-order valence-corrected chi connectivity index (χ0v) is 9.35. The summed E-state index contributed by atoms with van der Waals surface area (Å²) in [5.41, 5.74) is 6.86. The number of allylic oxidation sites excluding steroid dienone is 1. The van der Waals surface area contributed by atoms with E-state index >= 15 is 0 Å². The highest BCUT2D eigenvalue weighted by Crippen LogP contribution is 2.27. The molecule has 1 atom stereocenters. The van der Waals surface area contributed by atoms with Gasteiger partial charge in [0.25, 0.3) is 0 Å². The van der Waals surface area contributed by atoms with E-state index in [9.17, 15) is 0 Å². The van der Waals surface area contributed by atoms with E-state index in [0.717, 1.165) is 18.4 Å². The first-order valence-electron chi connectivity index (χ1n) is 4.46. The summed E-state index contributed by atoms with van der Waals surface area (Å²) >= 11 is 11.9. The van der Waals surface area contributed by atoms with Crippen LogP contribution in [0.25, 0.3) is 0 Å². The first-order valence-corrected chi connectivity index (χ1v) is 5.22. The molecular weight excluding hydrogens is 217 g/mol. The molecule has 0 radical (unpaired) electrons. The monoisotopic (exact) mass is 229 g/mol. The van der Waals surface area contributed by atoms with E-state index in [1.165, 1.54) is 0 Å². The molecule has 14 heavy (non-hydrogen) atoms. The van der Waals surface area contributed by atoms with Crippen molar-refractivity contribution in [1.29, 1.82) is 0 Å². The number of benzene rings is 1. The minimum Gasteiger partial charge on any atom is -0.324 e. The van der Waals surface area contributed by atoms with Crippen LogP contribution in [0.15, 0.2) is 30.9 Å². The highest BCUT2D eigenvalue weighted by atomic mass is 35.5. The van der Waals surface area contributed by atoms with Crippen LogP contribution in [0, 0.1) is 0 Å². The molecule has 0 saturated heterocycles. The van der Waals surface area contributed by atoms with Crippen LogP contribution in [0.5, 0.6) is 0 Å². The Morgan fingerprint density at radius 2 is 2.14 bits per heavy atom. The SMILES string of the molecule is C=CCC[C@H](N)c1cc(Cl)ccc1Cl. The molecule has 0 aliphatic rings. The lowest BCUT2D eigenvalue weighted by Crippen LogP contribution is -2.10. The van der Waals surface area contributed by atoms with E-state index < -0.39 is 0 Å². The van der Waals surface area contributed by atoms with Gasteiger partial charge in [0, 0.05) is 16.1 Å². The molecule has 0 heterocycles. The second kappa shape index (κ2) is 5.40. The highest BCUT2D eigenvalue weighted by molar-refractivity contribution is 6.33. The molecule has 3 heteroatoms. The zero-order chi connectivity index (χ0) is 10.6. The maximum atomic E-state index is 6.01. The first kappa shape index (κ1) is 11.6. The second-order valence-electron chi connectivity index (χ2n) is 3.14. The summed E-state index contributed by atoms with van der Waals surface area (Å²) in [7, 11) is 0. The molecule has 0 amide bonds. The molecular formula is C11H13Cl2N. The van der Waals surface area contributed by atoms with Gasteiger partial charge in [0.2, 0.25) is 0 Å². The molecule has 2 N–H and O–H groups in total. The van der Waals surface area contributed by atoms with Gasteiger partial charge in [-0.05, 0) is 36.6 Å². The van der Waals surface area contributed by atoms with Gasteiger partial charge in [0.1, 0.15) is 0 Å².